The van der Waals surface area contributed by atoms with Gasteiger partial charge in [0.25, 0.3) is 0 Å². The standard InChI is InChI=1S/C19H16N6O2S/c1-24(2)13-7-5-12(6-8-13)22-23-19-25(3)16-17(28-19)21-14-9-4-11(18(26)27)10-15(14)20-16/h4-10H,1-3H3/p+1. The van der Waals surface area contributed by atoms with Crippen molar-refractivity contribution < 1.29 is 14.5 Å². The lowest BCUT2D eigenvalue weighted by atomic mass is 10.2. The van der Waals surface area contributed by atoms with Crippen molar-refractivity contribution in [1.82, 2.24) is 9.97 Å². The molecule has 0 saturated heterocycles. The van der Waals surface area contributed by atoms with Crippen LogP contribution >= 0.6 is 11.3 Å². The molecule has 0 aliphatic rings. The Hall–Kier alpha value is -3.46. The van der Waals surface area contributed by atoms with E-state index in [1.54, 1.807) is 10.6 Å². The average molecular weight is 393 g/mol. The van der Waals surface area contributed by atoms with Gasteiger partial charge in [0, 0.05) is 24.9 Å². The van der Waals surface area contributed by atoms with Crippen molar-refractivity contribution in [2.75, 3.05) is 19.0 Å². The van der Waals surface area contributed by atoms with E-state index in [4.69, 9.17) is 5.11 Å². The molecule has 4 rings (SSSR count). The second kappa shape index (κ2) is 6.93. The Kier molecular flexibility index (Phi) is 4.44. The lowest BCUT2D eigenvalue weighted by molar-refractivity contribution is -0.629. The Morgan fingerprint density at radius 1 is 1.07 bits per heavy atom. The zero-order chi connectivity index (χ0) is 19.8. The van der Waals surface area contributed by atoms with Gasteiger partial charge in [-0.2, -0.15) is 0 Å². The Bertz CT molecular complexity index is 1230. The number of aromatic nitrogens is 3. The second-order valence-electron chi connectivity index (χ2n) is 6.42. The van der Waals surface area contributed by atoms with Crippen molar-refractivity contribution in [2.45, 2.75) is 0 Å². The van der Waals surface area contributed by atoms with E-state index in [2.05, 4.69) is 20.2 Å². The monoisotopic (exact) mass is 393 g/mol. The highest BCUT2D eigenvalue weighted by Gasteiger charge is 2.19. The number of aryl methyl sites for hydroxylation is 1. The number of carbonyl (C=O) groups is 1. The third-order valence-corrected chi connectivity index (χ3v) is 5.28. The number of hydrogen-bond donors (Lipinski definition) is 1. The Morgan fingerprint density at radius 3 is 2.50 bits per heavy atom. The van der Waals surface area contributed by atoms with Crippen LogP contribution in [0.15, 0.2) is 52.7 Å². The van der Waals surface area contributed by atoms with E-state index >= 15 is 0 Å². The van der Waals surface area contributed by atoms with E-state index in [1.165, 1.54) is 23.5 Å². The summed E-state index contributed by atoms with van der Waals surface area (Å²) >= 11 is 1.38. The predicted octanol–water partition coefficient (Wildman–Crippen LogP) is 3.85. The fourth-order valence-electron chi connectivity index (χ4n) is 2.70. The zero-order valence-electron chi connectivity index (χ0n) is 15.5. The molecule has 8 nitrogen and oxygen atoms in total. The Morgan fingerprint density at radius 2 is 1.82 bits per heavy atom. The molecule has 0 spiro atoms. The molecular weight excluding hydrogens is 376 g/mol. The zero-order valence-corrected chi connectivity index (χ0v) is 16.3. The number of thiazole rings is 1. The number of carboxylic acid groups (broad SMARTS) is 1. The van der Waals surface area contributed by atoms with Crippen LogP contribution in [-0.4, -0.2) is 35.1 Å². The van der Waals surface area contributed by atoms with Crippen LogP contribution in [0.4, 0.5) is 16.5 Å². The summed E-state index contributed by atoms with van der Waals surface area (Å²) < 4.78 is 1.80. The van der Waals surface area contributed by atoms with Gasteiger partial charge in [-0.25, -0.2) is 14.3 Å². The number of azo groups is 1. The predicted molar refractivity (Wildman–Crippen MR) is 108 cm³/mol. The first-order valence-corrected chi connectivity index (χ1v) is 9.27. The minimum atomic E-state index is -0.992. The molecule has 0 amide bonds. The van der Waals surface area contributed by atoms with Crippen LogP contribution in [0.25, 0.3) is 21.5 Å². The van der Waals surface area contributed by atoms with Crippen LogP contribution in [-0.2, 0) is 7.05 Å². The first-order chi connectivity index (χ1) is 13.4. The number of rotatable bonds is 4. The molecule has 0 unspecified atom stereocenters. The highest BCUT2D eigenvalue weighted by molar-refractivity contribution is 7.20. The van der Waals surface area contributed by atoms with Crippen LogP contribution < -0.4 is 9.47 Å². The number of hydrogen-bond acceptors (Lipinski definition) is 7. The number of aromatic carboxylic acids is 1. The Balaban J connectivity index is 1.72. The number of anilines is 1. The number of benzene rings is 2. The summed E-state index contributed by atoms with van der Waals surface area (Å²) in [4.78, 5) is 23.1. The van der Waals surface area contributed by atoms with E-state index in [1.807, 2.05) is 50.3 Å². The molecule has 0 fully saturated rings. The molecule has 4 aromatic rings. The van der Waals surface area contributed by atoms with Gasteiger partial charge in [-0.15, -0.1) is 0 Å². The quantitative estimate of drug-likeness (QED) is 0.420. The van der Waals surface area contributed by atoms with Gasteiger partial charge < -0.3 is 10.0 Å². The molecule has 2 aromatic heterocycles. The maximum atomic E-state index is 11.2. The minimum Gasteiger partial charge on any atom is -0.478 e. The number of nitrogens with zero attached hydrogens (tertiary/aromatic N) is 6. The van der Waals surface area contributed by atoms with Crippen molar-refractivity contribution in [3.8, 4) is 0 Å². The molecule has 0 atom stereocenters. The summed E-state index contributed by atoms with van der Waals surface area (Å²) in [7, 11) is 5.80. The first-order valence-electron chi connectivity index (χ1n) is 8.45. The van der Waals surface area contributed by atoms with E-state index in [0.29, 0.717) is 21.8 Å². The lowest BCUT2D eigenvalue weighted by Gasteiger charge is -2.11. The highest BCUT2D eigenvalue weighted by Crippen LogP contribution is 2.27. The van der Waals surface area contributed by atoms with E-state index in [9.17, 15) is 4.79 Å². The molecule has 0 aliphatic heterocycles. The lowest BCUT2D eigenvalue weighted by Crippen LogP contribution is -2.26. The van der Waals surface area contributed by atoms with Crippen LogP contribution in [0.3, 0.4) is 0 Å². The molecule has 0 saturated carbocycles. The van der Waals surface area contributed by atoms with E-state index < -0.39 is 5.97 Å². The number of fused-ring (bicyclic) bond motifs is 2. The summed E-state index contributed by atoms with van der Waals surface area (Å²) in [5.74, 6) is -0.992. The van der Waals surface area contributed by atoms with Gasteiger partial charge in [-0.05, 0) is 53.8 Å². The molecule has 28 heavy (non-hydrogen) atoms. The van der Waals surface area contributed by atoms with Crippen LogP contribution in [0.5, 0.6) is 0 Å². The summed E-state index contributed by atoms with van der Waals surface area (Å²) in [5, 5.41) is 18.5. The molecule has 140 valence electrons. The largest absolute Gasteiger partial charge is 0.478 e. The molecule has 2 aromatic carbocycles. The molecule has 0 radical (unpaired) electrons. The number of carboxylic acids is 1. The maximum Gasteiger partial charge on any atom is 0.347 e. The van der Waals surface area contributed by atoms with Crippen molar-refractivity contribution in [1.29, 1.82) is 0 Å². The van der Waals surface area contributed by atoms with Gasteiger partial charge in [0.15, 0.2) is 10.3 Å². The van der Waals surface area contributed by atoms with E-state index in [-0.39, 0.29) is 5.56 Å². The summed E-state index contributed by atoms with van der Waals surface area (Å²) in [6, 6.07) is 12.5. The van der Waals surface area contributed by atoms with Gasteiger partial charge in [0.05, 0.1) is 12.6 Å². The minimum absolute atomic E-state index is 0.181. The normalized spacial score (nSPS) is 11.5. The van der Waals surface area contributed by atoms with Crippen molar-refractivity contribution in [2.24, 2.45) is 17.3 Å². The maximum absolute atomic E-state index is 11.2. The van der Waals surface area contributed by atoms with Crippen molar-refractivity contribution >= 4 is 55.3 Å². The van der Waals surface area contributed by atoms with Gasteiger partial charge >= 0.3 is 16.7 Å². The third kappa shape index (κ3) is 3.27. The first kappa shape index (κ1) is 17.9. The highest BCUT2D eigenvalue weighted by atomic mass is 32.1. The fourth-order valence-corrected chi connectivity index (χ4v) is 3.60. The van der Waals surface area contributed by atoms with Gasteiger partial charge in [-0.1, -0.05) is 10.1 Å². The summed E-state index contributed by atoms with van der Waals surface area (Å²) in [6.45, 7) is 0. The molecule has 1 N–H and O–H groups in total. The smallest absolute Gasteiger partial charge is 0.347 e. The Labute approximate surface area is 164 Å². The molecule has 2 heterocycles. The van der Waals surface area contributed by atoms with Crippen LogP contribution in [0, 0.1) is 0 Å². The fraction of sp³-hybridized carbons (Fsp3) is 0.158. The topological polar surface area (TPSA) is 94.9 Å². The molecule has 0 aliphatic carbocycles. The third-order valence-electron chi connectivity index (χ3n) is 4.27. The van der Waals surface area contributed by atoms with Gasteiger partial charge in [0.2, 0.25) is 0 Å². The average Bonchev–Trinajstić information content (AvgIpc) is 2.99. The summed E-state index contributed by atoms with van der Waals surface area (Å²) in [5.41, 5.74) is 3.83. The molecule has 0 bridgehead atoms. The molecular formula is C19H17N6O2S+. The molecule has 9 heteroatoms. The second-order valence-corrected chi connectivity index (χ2v) is 7.37. The SMILES string of the molecule is CN(C)c1ccc(N=Nc2sc3nc4ccc(C(=O)O)cc4nc3[n+]2C)cc1. The summed E-state index contributed by atoms with van der Waals surface area (Å²) in [6.07, 6.45) is 0. The van der Waals surface area contributed by atoms with Crippen LogP contribution in [0.1, 0.15) is 10.4 Å². The van der Waals surface area contributed by atoms with Crippen LogP contribution in [0.2, 0.25) is 0 Å². The van der Waals surface area contributed by atoms with Crippen molar-refractivity contribution in [3.63, 3.8) is 0 Å². The van der Waals surface area contributed by atoms with E-state index in [0.717, 1.165) is 16.2 Å². The van der Waals surface area contributed by atoms with Gasteiger partial charge in [0.1, 0.15) is 11.2 Å². The van der Waals surface area contributed by atoms with Gasteiger partial charge in [-0.3, -0.25) is 0 Å². The van der Waals surface area contributed by atoms with Crippen molar-refractivity contribution in [3.05, 3.63) is 48.0 Å².